The van der Waals surface area contributed by atoms with Crippen LogP contribution in [0.3, 0.4) is 0 Å². The van der Waals surface area contributed by atoms with Gasteiger partial charge < -0.3 is 40.3 Å². The van der Waals surface area contributed by atoms with Crippen LogP contribution in [-0.2, 0) is 14.3 Å². The fourth-order valence-electron chi connectivity index (χ4n) is 11.4. The zero-order valence-corrected chi connectivity index (χ0v) is 50.1. The summed E-state index contributed by atoms with van der Waals surface area (Å²) < 4.78 is 11.4. The molecule has 0 aromatic rings. The average molecular weight is 1070 g/mol. The van der Waals surface area contributed by atoms with Crippen molar-refractivity contribution >= 4 is 5.91 Å². The predicted octanol–water partition coefficient (Wildman–Crippen LogP) is 17.8. The Morgan fingerprint density at radius 3 is 0.947 bits per heavy atom. The number of amides is 1. The molecule has 1 saturated heterocycles. The predicted molar refractivity (Wildman–Crippen MR) is 318 cm³/mol. The number of nitrogens with one attached hydrogen (secondary N) is 1. The largest absolute Gasteiger partial charge is 0.394 e. The van der Waals surface area contributed by atoms with Gasteiger partial charge in [0.25, 0.3) is 0 Å². The van der Waals surface area contributed by atoms with Gasteiger partial charge in [0.15, 0.2) is 6.29 Å². The van der Waals surface area contributed by atoms with Crippen LogP contribution in [-0.4, -0.2) is 87.5 Å². The summed E-state index contributed by atoms with van der Waals surface area (Å²) in [7, 11) is 0. The Morgan fingerprint density at radius 2 is 0.667 bits per heavy atom. The normalized spacial score (nSPS) is 18.7. The topological polar surface area (TPSA) is 149 Å². The zero-order valence-electron chi connectivity index (χ0n) is 50.1. The Morgan fingerprint density at radius 1 is 0.400 bits per heavy atom. The molecule has 1 rings (SSSR count). The van der Waals surface area contributed by atoms with Gasteiger partial charge in [0, 0.05) is 6.42 Å². The SMILES string of the molecule is CCCCCCCCCCCCCCCCCCCCCCCCCCCCCCCCC(=O)NC(COC1OC(CO)C(O)C(O)C1O)C(O)CCCCCCCCCCCCCCCCCCCCCCCC. The number of aliphatic hydroxyl groups excluding tert-OH is 5. The molecule has 1 fully saturated rings. The quantitative estimate of drug-likeness (QED) is 0.0330. The molecule has 0 aromatic heterocycles. The fourth-order valence-corrected chi connectivity index (χ4v) is 11.4. The first-order chi connectivity index (χ1) is 36.8. The highest BCUT2D eigenvalue weighted by molar-refractivity contribution is 5.76. The fraction of sp³-hybridized carbons (Fsp3) is 0.985. The van der Waals surface area contributed by atoms with Crippen LogP contribution < -0.4 is 5.32 Å². The first kappa shape index (κ1) is 72.2. The van der Waals surface area contributed by atoms with Gasteiger partial charge in [0.2, 0.25) is 5.91 Å². The minimum absolute atomic E-state index is 0.130. The summed E-state index contributed by atoms with van der Waals surface area (Å²) in [5.41, 5.74) is 0. The lowest BCUT2D eigenvalue weighted by molar-refractivity contribution is -0.302. The monoisotopic (exact) mass is 1070 g/mol. The smallest absolute Gasteiger partial charge is 0.220 e. The number of rotatable bonds is 60. The Balaban J connectivity index is 2.10. The molecule has 0 radical (unpaired) electrons. The molecule has 6 N–H and O–H groups in total. The van der Waals surface area contributed by atoms with E-state index in [0.717, 1.165) is 38.5 Å². The van der Waals surface area contributed by atoms with Crippen LogP contribution in [0.4, 0.5) is 0 Å². The molecule has 1 amide bonds. The van der Waals surface area contributed by atoms with Gasteiger partial charge >= 0.3 is 0 Å². The van der Waals surface area contributed by atoms with Crippen molar-refractivity contribution in [3.63, 3.8) is 0 Å². The van der Waals surface area contributed by atoms with E-state index >= 15 is 0 Å². The van der Waals surface area contributed by atoms with Crippen molar-refractivity contribution < 1.29 is 39.8 Å². The van der Waals surface area contributed by atoms with Gasteiger partial charge in [-0.3, -0.25) is 4.79 Å². The van der Waals surface area contributed by atoms with E-state index in [1.165, 1.54) is 295 Å². The summed E-state index contributed by atoms with van der Waals surface area (Å²) in [5, 5.41) is 54.9. The third-order valence-corrected chi connectivity index (χ3v) is 16.7. The molecule has 7 atom stereocenters. The maximum atomic E-state index is 13.1. The van der Waals surface area contributed by atoms with Crippen molar-refractivity contribution in [2.45, 2.75) is 403 Å². The van der Waals surface area contributed by atoms with Gasteiger partial charge in [0.05, 0.1) is 25.4 Å². The first-order valence-corrected chi connectivity index (χ1v) is 33.7. The van der Waals surface area contributed by atoms with E-state index in [0.29, 0.717) is 12.8 Å². The Bertz CT molecular complexity index is 1140. The molecular weight excluding hydrogens is 935 g/mol. The molecule has 1 heterocycles. The minimum atomic E-state index is -1.55. The third kappa shape index (κ3) is 45.6. The molecule has 7 unspecified atom stereocenters. The van der Waals surface area contributed by atoms with E-state index in [2.05, 4.69) is 19.2 Å². The number of unbranched alkanes of at least 4 members (excludes halogenated alkanes) is 50. The number of ether oxygens (including phenoxy) is 2. The van der Waals surface area contributed by atoms with Crippen LogP contribution in [0.5, 0.6) is 0 Å². The lowest BCUT2D eigenvalue weighted by Crippen LogP contribution is -2.60. The highest BCUT2D eigenvalue weighted by Gasteiger charge is 2.44. The maximum Gasteiger partial charge on any atom is 0.220 e. The van der Waals surface area contributed by atoms with E-state index in [-0.39, 0.29) is 12.5 Å². The van der Waals surface area contributed by atoms with Crippen LogP contribution in [0, 0.1) is 0 Å². The van der Waals surface area contributed by atoms with Gasteiger partial charge in [0.1, 0.15) is 24.4 Å². The molecule has 0 saturated carbocycles. The molecular formula is C66H131NO8. The zero-order chi connectivity index (χ0) is 54.3. The maximum absolute atomic E-state index is 13.1. The molecule has 448 valence electrons. The second-order valence-corrected chi connectivity index (χ2v) is 24.0. The number of hydrogen-bond acceptors (Lipinski definition) is 8. The van der Waals surface area contributed by atoms with Gasteiger partial charge in [-0.25, -0.2) is 0 Å². The molecule has 75 heavy (non-hydrogen) atoms. The standard InChI is InChI=1S/C66H131NO8/c1-3-5-7-9-11-13-15-17-19-21-23-25-27-28-29-30-31-32-33-34-36-38-40-42-44-46-48-50-52-54-56-62(70)67-59(58-74-66-65(73)64(72)63(71)61(57-68)75-66)60(69)55-53-51-49-47-45-43-41-39-37-35-26-24-22-20-18-16-14-12-10-8-6-4-2/h59-61,63-66,68-69,71-73H,3-58H2,1-2H3,(H,67,70). The van der Waals surface area contributed by atoms with Crippen molar-refractivity contribution in [1.82, 2.24) is 5.32 Å². The van der Waals surface area contributed by atoms with Crippen molar-refractivity contribution in [1.29, 1.82) is 0 Å². The molecule has 9 nitrogen and oxygen atoms in total. The van der Waals surface area contributed by atoms with Crippen LogP contribution in [0.1, 0.15) is 361 Å². The molecule has 9 heteroatoms. The van der Waals surface area contributed by atoms with Crippen LogP contribution in [0.2, 0.25) is 0 Å². The van der Waals surface area contributed by atoms with Gasteiger partial charge in [-0.2, -0.15) is 0 Å². The second-order valence-electron chi connectivity index (χ2n) is 24.0. The van der Waals surface area contributed by atoms with Crippen molar-refractivity contribution in [2.75, 3.05) is 13.2 Å². The number of hydrogen-bond donors (Lipinski definition) is 6. The van der Waals surface area contributed by atoms with E-state index in [1.807, 2.05) is 0 Å². The van der Waals surface area contributed by atoms with Gasteiger partial charge in [-0.15, -0.1) is 0 Å². The average Bonchev–Trinajstić information content (AvgIpc) is 3.41. The van der Waals surface area contributed by atoms with E-state index < -0.39 is 49.5 Å². The summed E-state index contributed by atoms with van der Waals surface area (Å²) in [5.74, 6) is -0.134. The molecule has 0 aromatic carbocycles. The second kappa shape index (κ2) is 56.5. The molecule has 0 spiro atoms. The van der Waals surface area contributed by atoms with Crippen LogP contribution in [0.25, 0.3) is 0 Å². The van der Waals surface area contributed by atoms with E-state index in [4.69, 9.17) is 9.47 Å². The third-order valence-electron chi connectivity index (χ3n) is 16.7. The molecule has 0 bridgehead atoms. The lowest BCUT2D eigenvalue weighted by atomic mass is 9.99. The molecule has 1 aliphatic rings. The number of carbonyl (C=O) groups excluding carboxylic acids is 1. The van der Waals surface area contributed by atoms with E-state index in [9.17, 15) is 30.3 Å². The van der Waals surface area contributed by atoms with Crippen molar-refractivity contribution in [3.8, 4) is 0 Å². The van der Waals surface area contributed by atoms with Gasteiger partial charge in [-0.1, -0.05) is 341 Å². The Labute approximate surface area is 465 Å². The molecule has 1 aliphatic heterocycles. The number of aliphatic hydroxyl groups is 5. The molecule has 0 aliphatic carbocycles. The van der Waals surface area contributed by atoms with Gasteiger partial charge in [-0.05, 0) is 12.8 Å². The highest BCUT2D eigenvalue weighted by Crippen LogP contribution is 2.24. The Hall–Kier alpha value is -0.810. The Kier molecular flexibility index (Phi) is 54.4. The van der Waals surface area contributed by atoms with E-state index in [1.54, 1.807) is 0 Å². The van der Waals surface area contributed by atoms with Crippen LogP contribution in [0.15, 0.2) is 0 Å². The first-order valence-electron chi connectivity index (χ1n) is 33.7. The van der Waals surface area contributed by atoms with Crippen molar-refractivity contribution in [3.05, 3.63) is 0 Å². The van der Waals surface area contributed by atoms with Crippen LogP contribution >= 0.6 is 0 Å². The summed E-state index contributed by atoms with van der Waals surface area (Å²) in [6.45, 7) is 3.91. The number of carbonyl (C=O) groups is 1. The minimum Gasteiger partial charge on any atom is -0.394 e. The highest BCUT2D eigenvalue weighted by atomic mass is 16.7. The van der Waals surface area contributed by atoms with Crippen molar-refractivity contribution in [2.24, 2.45) is 0 Å². The summed E-state index contributed by atoms with van der Waals surface area (Å²) in [4.78, 5) is 13.1. The lowest BCUT2D eigenvalue weighted by Gasteiger charge is -2.40. The summed E-state index contributed by atoms with van der Waals surface area (Å²) >= 11 is 0. The summed E-state index contributed by atoms with van der Waals surface area (Å²) in [6, 6.07) is -0.715. The summed E-state index contributed by atoms with van der Waals surface area (Å²) in [6.07, 6.45) is 63.1.